The molecule has 26 heavy (non-hydrogen) atoms. The second-order valence-electron chi connectivity index (χ2n) is 7.30. The maximum absolute atomic E-state index is 12.8. The number of carbonyl (C=O) groups excluding carboxylic acids is 1. The predicted molar refractivity (Wildman–Crippen MR) is 107 cm³/mol. The van der Waals surface area contributed by atoms with Gasteiger partial charge in [-0.25, -0.2) is 4.79 Å². The first kappa shape index (κ1) is 18.9. The third-order valence-electron chi connectivity index (χ3n) is 4.75. The number of amides is 1. The van der Waals surface area contributed by atoms with E-state index in [-0.39, 0.29) is 16.9 Å². The Kier molecular flexibility index (Phi) is 5.41. The number of nitrogens with one attached hydrogen (secondary N) is 2. The monoisotopic (exact) mass is 390 g/mol. The standard InChI is InChI=1S/C19H22N2O3S2/c1-19(2)8-7-14-13(9-19)15(18(23)24)17(26-14)21-16(22)12-6-4-3-5-11(12)10-20-25/h3-6,20,25H,7-10H2,1-2H3,(H,21,22)(H,23,24). The molecule has 0 spiro atoms. The van der Waals surface area contributed by atoms with Crippen molar-refractivity contribution in [2.75, 3.05) is 5.32 Å². The van der Waals surface area contributed by atoms with Gasteiger partial charge in [0.15, 0.2) is 0 Å². The molecule has 0 fully saturated rings. The van der Waals surface area contributed by atoms with Crippen LogP contribution < -0.4 is 10.0 Å². The van der Waals surface area contributed by atoms with E-state index in [1.165, 1.54) is 11.3 Å². The summed E-state index contributed by atoms with van der Waals surface area (Å²) in [6.45, 7) is 4.74. The summed E-state index contributed by atoms with van der Waals surface area (Å²) in [4.78, 5) is 25.7. The van der Waals surface area contributed by atoms with Crippen molar-refractivity contribution in [2.24, 2.45) is 5.41 Å². The van der Waals surface area contributed by atoms with Gasteiger partial charge in [0.2, 0.25) is 0 Å². The molecule has 3 N–H and O–H groups in total. The van der Waals surface area contributed by atoms with Gasteiger partial charge < -0.3 is 10.4 Å². The van der Waals surface area contributed by atoms with Crippen LogP contribution >= 0.6 is 24.2 Å². The number of fused-ring (bicyclic) bond motifs is 1. The molecule has 0 saturated carbocycles. The number of thiophene rings is 1. The van der Waals surface area contributed by atoms with Crippen LogP contribution in [0.15, 0.2) is 24.3 Å². The van der Waals surface area contributed by atoms with Crippen LogP contribution in [0, 0.1) is 5.41 Å². The van der Waals surface area contributed by atoms with Crippen molar-refractivity contribution in [1.29, 1.82) is 0 Å². The molecule has 0 saturated heterocycles. The molecular weight excluding hydrogens is 368 g/mol. The van der Waals surface area contributed by atoms with Gasteiger partial charge in [-0.05, 0) is 41.9 Å². The minimum absolute atomic E-state index is 0.0738. The fourth-order valence-electron chi connectivity index (χ4n) is 3.39. The van der Waals surface area contributed by atoms with Gasteiger partial charge in [0.25, 0.3) is 5.91 Å². The maximum Gasteiger partial charge on any atom is 0.339 e. The number of aryl methyl sites for hydroxylation is 1. The van der Waals surface area contributed by atoms with E-state index < -0.39 is 5.97 Å². The number of carboxylic acid groups (broad SMARTS) is 1. The van der Waals surface area contributed by atoms with E-state index in [1.54, 1.807) is 12.1 Å². The quantitative estimate of drug-likeness (QED) is 0.579. The molecule has 0 unspecified atom stereocenters. The van der Waals surface area contributed by atoms with E-state index in [2.05, 4.69) is 36.7 Å². The van der Waals surface area contributed by atoms with Crippen LogP contribution in [0.5, 0.6) is 0 Å². The number of carbonyl (C=O) groups is 2. The minimum Gasteiger partial charge on any atom is -0.478 e. The first-order valence-electron chi connectivity index (χ1n) is 8.46. The average Bonchev–Trinajstić information content (AvgIpc) is 2.91. The molecule has 0 aliphatic heterocycles. The van der Waals surface area contributed by atoms with Crippen molar-refractivity contribution >= 4 is 41.0 Å². The Balaban J connectivity index is 1.95. The summed E-state index contributed by atoms with van der Waals surface area (Å²) in [5.74, 6) is -1.29. The van der Waals surface area contributed by atoms with Crippen molar-refractivity contribution in [3.63, 3.8) is 0 Å². The van der Waals surface area contributed by atoms with Crippen LogP contribution in [0.25, 0.3) is 0 Å². The molecule has 1 aromatic heterocycles. The topological polar surface area (TPSA) is 78.4 Å². The van der Waals surface area contributed by atoms with Crippen molar-refractivity contribution in [2.45, 2.75) is 39.7 Å². The van der Waals surface area contributed by atoms with Gasteiger partial charge in [-0.2, -0.15) is 0 Å². The molecule has 0 atom stereocenters. The van der Waals surface area contributed by atoms with Gasteiger partial charge in [0.1, 0.15) is 5.00 Å². The highest BCUT2D eigenvalue weighted by atomic mass is 32.1. The number of carboxylic acids is 1. The molecule has 1 aliphatic carbocycles. The molecule has 1 aromatic carbocycles. The number of hydrogen-bond acceptors (Lipinski definition) is 5. The van der Waals surface area contributed by atoms with Crippen LogP contribution in [0.2, 0.25) is 0 Å². The fourth-order valence-corrected chi connectivity index (χ4v) is 4.76. The number of aromatic carboxylic acids is 1. The highest BCUT2D eigenvalue weighted by Crippen LogP contribution is 2.43. The van der Waals surface area contributed by atoms with Crippen molar-refractivity contribution < 1.29 is 14.7 Å². The first-order chi connectivity index (χ1) is 12.3. The Labute approximate surface area is 162 Å². The van der Waals surface area contributed by atoms with E-state index in [1.807, 2.05) is 12.1 Å². The van der Waals surface area contributed by atoms with Gasteiger partial charge in [0.05, 0.1) is 5.56 Å². The number of thiol groups is 1. The van der Waals surface area contributed by atoms with E-state index >= 15 is 0 Å². The van der Waals surface area contributed by atoms with Crippen molar-refractivity contribution in [3.05, 3.63) is 51.4 Å². The highest BCUT2D eigenvalue weighted by Gasteiger charge is 2.33. The Morgan fingerprint density at radius 2 is 2.04 bits per heavy atom. The van der Waals surface area contributed by atoms with Gasteiger partial charge in [-0.3, -0.25) is 9.52 Å². The Morgan fingerprint density at radius 1 is 1.31 bits per heavy atom. The summed E-state index contributed by atoms with van der Waals surface area (Å²) < 4.78 is 2.74. The minimum atomic E-state index is -0.985. The second-order valence-corrected chi connectivity index (χ2v) is 8.72. The average molecular weight is 391 g/mol. The lowest BCUT2D eigenvalue weighted by Gasteiger charge is -2.29. The van der Waals surface area contributed by atoms with Crippen LogP contribution in [0.1, 0.15) is 57.0 Å². The fraction of sp³-hybridized carbons (Fsp3) is 0.368. The third kappa shape index (κ3) is 3.79. The number of hydrogen-bond donors (Lipinski definition) is 4. The summed E-state index contributed by atoms with van der Waals surface area (Å²) in [6.07, 6.45) is 2.59. The molecule has 7 heteroatoms. The largest absolute Gasteiger partial charge is 0.478 e. The summed E-state index contributed by atoms with van der Waals surface area (Å²) in [5.41, 5.74) is 2.51. The zero-order valence-corrected chi connectivity index (χ0v) is 16.5. The molecule has 5 nitrogen and oxygen atoms in total. The summed E-state index contributed by atoms with van der Waals surface area (Å²) in [5, 5.41) is 13.0. The van der Waals surface area contributed by atoms with Gasteiger partial charge in [0, 0.05) is 17.0 Å². The molecule has 0 bridgehead atoms. The Hall–Kier alpha value is -1.83. The summed E-state index contributed by atoms with van der Waals surface area (Å²) in [7, 11) is 0. The summed E-state index contributed by atoms with van der Waals surface area (Å²) in [6, 6.07) is 7.22. The van der Waals surface area contributed by atoms with E-state index in [0.717, 1.165) is 35.3 Å². The highest BCUT2D eigenvalue weighted by molar-refractivity contribution is 7.78. The van der Waals surface area contributed by atoms with Crippen molar-refractivity contribution in [3.8, 4) is 0 Å². The number of anilines is 1. The SMILES string of the molecule is CC1(C)CCc2sc(NC(=O)c3ccccc3CNS)c(C(=O)O)c2C1. The first-order valence-corrected chi connectivity index (χ1v) is 9.73. The smallest absolute Gasteiger partial charge is 0.339 e. The maximum atomic E-state index is 12.8. The zero-order valence-electron chi connectivity index (χ0n) is 14.8. The molecule has 1 heterocycles. The van der Waals surface area contributed by atoms with Crippen LogP contribution in [-0.2, 0) is 19.4 Å². The lowest BCUT2D eigenvalue weighted by atomic mass is 9.76. The lowest BCUT2D eigenvalue weighted by Crippen LogP contribution is -2.22. The van der Waals surface area contributed by atoms with E-state index in [4.69, 9.17) is 0 Å². The number of benzene rings is 1. The van der Waals surface area contributed by atoms with E-state index in [9.17, 15) is 14.7 Å². The van der Waals surface area contributed by atoms with Gasteiger partial charge in [-0.1, -0.05) is 44.9 Å². The van der Waals surface area contributed by atoms with E-state index in [0.29, 0.717) is 17.1 Å². The van der Waals surface area contributed by atoms with Crippen LogP contribution in [0.3, 0.4) is 0 Å². The Bertz CT molecular complexity index is 858. The van der Waals surface area contributed by atoms with Gasteiger partial charge in [-0.15, -0.1) is 11.3 Å². The number of rotatable bonds is 5. The molecule has 3 rings (SSSR count). The Morgan fingerprint density at radius 3 is 2.73 bits per heavy atom. The van der Waals surface area contributed by atoms with Gasteiger partial charge >= 0.3 is 5.97 Å². The summed E-state index contributed by atoms with van der Waals surface area (Å²) >= 11 is 5.39. The second kappa shape index (κ2) is 7.42. The molecule has 0 radical (unpaired) electrons. The van der Waals surface area contributed by atoms with Crippen LogP contribution in [-0.4, -0.2) is 17.0 Å². The lowest BCUT2D eigenvalue weighted by molar-refractivity contribution is 0.0696. The third-order valence-corrected chi connectivity index (χ3v) is 6.11. The predicted octanol–water partition coefficient (Wildman–Crippen LogP) is 4.15. The van der Waals surface area contributed by atoms with Crippen molar-refractivity contribution in [1.82, 2.24) is 4.72 Å². The molecule has 2 aromatic rings. The molecule has 1 aliphatic rings. The zero-order chi connectivity index (χ0) is 18.9. The molecule has 138 valence electrons. The van der Waals surface area contributed by atoms with Crippen LogP contribution in [0.4, 0.5) is 5.00 Å². The molecule has 1 amide bonds. The molecular formula is C19H22N2O3S2. The normalized spacial score (nSPS) is 15.3.